The maximum atomic E-state index is 12.7. The average Bonchev–Trinajstić information content (AvgIpc) is 3.38. The predicted octanol–water partition coefficient (Wildman–Crippen LogP) is 6.18. The van der Waals surface area contributed by atoms with E-state index in [2.05, 4.69) is 9.17 Å². The molecule has 3 aromatic rings. The third-order valence-corrected chi connectivity index (χ3v) is 6.31. The predicted molar refractivity (Wildman–Crippen MR) is 137 cm³/mol. The number of anilines is 1. The summed E-state index contributed by atoms with van der Waals surface area (Å²) in [6, 6.07) is 11.7. The summed E-state index contributed by atoms with van der Waals surface area (Å²) >= 11 is -5.59. The number of fused-ring (bicyclic) bond motifs is 1. The Morgan fingerprint density at radius 3 is 2.51 bits per heavy atom. The van der Waals surface area contributed by atoms with Gasteiger partial charge in [-0.15, -0.1) is 0 Å². The van der Waals surface area contributed by atoms with Gasteiger partial charge in [0.05, 0.1) is 37.1 Å². The van der Waals surface area contributed by atoms with Gasteiger partial charge in [-0.2, -0.15) is 0 Å². The monoisotopic (exact) mass is 533 g/mol. The summed E-state index contributed by atoms with van der Waals surface area (Å²) in [7, 11) is 1.62. The maximum absolute atomic E-state index is 12.7. The third-order valence-electron chi connectivity index (χ3n) is 5.93. The number of nitrogens with zero attached hydrogens (tertiary/aromatic N) is 5. The van der Waals surface area contributed by atoms with Gasteiger partial charge >= 0.3 is 11.5 Å². The molecule has 0 bridgehead atoms. The van der Waals surface area contributed by atoms with Crippen LogP contribution < -0.4 is 13.9 Å². The Morgan fingerprint density at radius 1 is 1.11 bits per heavy atom. The second-order valence-corrected chi connectivity index (χ2v) is 9.91. The fraction of sp³-hybridized carbons (Fsp3) is 0.280. The minimum absolute atomic E-state index is 0.241. The SMILES string of the molecule is COc1cc(/C=C2\OCCN3C2=NC(C)(C)N3c2ccc(OS(F)(F)F)cc2)ccc1-n1cnc(C)c1. The largest absolute Gasteiger partial charge is 0.495 e. The molecule has 0 amide bonds. The molecule has 1 saturated heterocycles. The van der Waals surface area contributed by atoms with Gasteiger partial charge in [-0.3, -0.25) is 10.0 Å². The normalized spacial score (nSPS) is 18.4. The van der Waals surface area contributed by atoms with E-state index in [0.29, 0.717) is 36.2 Å². The van der Waals surface area contributed by atoms with Crippen molar-refractivity contribution in [1.82, 2.24) is 14.6 Å². The maximum Gasteiger partial charge on any atom is 0.391 e. The Kier molecular flexibility index (Phi) is 6.22. The molecule has 3 heterocycles. The number of hydrogen-bond acceptors (Lipinski definition) is 7. The Bertz CT molecular complexity index is 1370. The number of halogens is 3. The highest BCUT2D eigenvalue weighted by Gasteiger charge is 2.43. The minimum Gasteiger partial charge on any atom is -0.495 e. The third kappa shape index (κ3) is 5.06. The smallest absolute Gasteiger partial charge is 0.391 e. The Morgan fingerprint density at radius 2 is 1.86 bits per heavy atom. The minimum atomic E-state index is -5.59. The van der Waals surface area contributed by atoms with Gasteiger partial charge in [0.15, 0.2) is 11.6 Å². The lowest BCUT2D eigenvalue weighted by atomic mass is 10.1. The van der Waals surface area contributed by atoms with Crippen molar-refractivity contribution in [2.75, 3.05) is 25.3 Å². The Balaban J connectivity index is 1.43. The number of methoxy groups -OCH3 is 1. The molecule has 1 fully saturated rings. The number of amidine groups is 1. The number of ether oxygens (including phenoxy) is 2. The van der Waals surface area contributed by atoms with E-state index < -0.39 is 17.1 Å². The fourth-order valence-electron chi connectivity index (χ4n) is 4.46. The van der Waals surface area contributed by atoms with E-state index >= 15 is 0 Å². The number of hydrogen-bond donors (Lipinski definition) is 0. The first-order valence-electron chi connectivity index (χ1n) is 11.5. The van der Waals surface area contributed by atoms with Crippen LogP contribution in [0.1, 0.15) is 25.1 Å². The van der Waals surface area contributed by atoms with Crippen LogP contribution in [-0.4, -0.2) is 46.3 Å². The van der Waals surface area contributed by atoms with Crippen LogP contribution in [0.3, 0.4) is 0 Å². The summed E-state index contributed by atoms with van der Waals surface area (Å²) in [4.78, 5) is 9.18. The Hall–Kier alpha value is -3.80. The lowest BCUT2D eigenvalue weighted by Crippen LogP contribution is -2.52. The van der Waals surface area contributed by atoms with Crippen LogP contribution in [0.15, 0.2) is 65.7 Å². The summed E-state index contributed by atoms with van der Waals surface area (Å²) in [6.07, 6.45) is 5.56. The number of imidazole rings is 1. The summed E-state index contributed by atoms with van der Waals surface area (Å²) in [5.41, 5.74) is 2.63. The van der Waals surface area contributed by atoms with Gasteiger partial charge in [-0.25, -0.2) is 9.98 Å². The lowest BCUT2D eigenvalue weighted by Gasteiger charge is -2.40. The van der Waals surface area contributed by atoms with Gasteiger partial charge in [-0.1, -0.05) is 17.7 Å². The molecule has 2 aromatic carbocycles. The first-order valence-corrected chi connectivity index (χ1v) is 12.7. The van der Waals surface area contributed by atoms with Crippen molar-refractivity contribution in [2.24, 2.45) is 4.99 Å². The summed E-state index contributed by atoms with van der Waals surface area (Å²) in [5, 5.41) is 3.94. The highest BCUT2D eigenvalue weighted by atomic mass is 32.4. The second kappa shape index (κ2) is 9.25. The lowest BCUT2D eigenvalue weighted by molar-refractivity contribution is 0.164. The molecule has 1 aromatic heterocycles. The van der Waals surface area contributed by atoms with Gasteiger partial charge in [0.1, 0.15) is 23.8 Å². The molecule has 0 radical (unpaired) electrons. The van der Waals surface area contributed by atoms with Crippen LogP contribution in [0.2, 0.25) is 0 Å². The van der Waals surface area contributed by atoms with Crippen molar-refractivity contribution in [3.63, 3.8) is 0 Å². The number of morpholine rings is 1. The number of aliphatic imine (C=N–C) groups is 1. The van der Waals surface area contributed by atoms with Crippen LogP contribution in [-0.2, 0) is 4.74 Å². The summed E-state index contributed by atoms with van der Waals surface area (Å²) in [6.45, 7) is 6.75. The second-order valence-electron chi connectivity index (χ2n) is 9.02. The summed E-state index contributed by atoms with van der Waals surface area (Å²) < 4.78 is 55.6. The topological polar surface area (TPSA) is 64.3 Å². The van der Waals surface area contributed by atoms with Gasteiger partial charge < -0.3 is 18.2 Å². The molecule has 37 heavy (non-hydrogen) atoms. The van der Waals surface area contributed by atoms with Gasteiger partial charge in [0, 0.05) is 6.20 Å². The molecular formula is C25H26F3N5O3S. The first kappa shape index (κ1) is 24.9. The number of aryl methyl sites for hydroxylation is 1. The van der Waals surface area contributed by atoms with Crippen molar-refractivity contribution in [3.05, 3.63) is 72.0 Å². The van der Waals surface area contributed by atoms with Crippen molar-refractivity contribution in [2.45, 2.75) is 26.4 Å². The van der Waals surface area contributed by atoms with Crippen LogP contribution in [0.4, 0.5) is 17.3 Å². The van der Waals surface area contributed by atoms with E-state index in [9.17, 15) is 11.7 Å². The zero-order valence-corrected chi connectivity index (χ0v) is 21.5. The van der Waals surface area contributed by atoms with Crippen LogP contribution in [0.5, 0.6) is 11.5 Å². The van der Waals surface area contributed by atoms with Gasteiger partial charge in [0.2, 0.25) is 0 Å². The molecular weight excluding hydrogens is 507 g/mol. The molecule has 2 aliphatic heterocycles. The Labute approximate surface area is 215 Å². The highest BCUT2D eigenvalue weighted by Crippen LogP contribution is 2.54. The molecule has 196 valence electrons. The molecule has 0 aliphatic carbocycles. The van der Waals surface area contributed by atoms with E-state index in [4.69, 9.17) is 14.5 Å². The van der Waals surface area contributed by atoms with Crippen LogP contribution >= 0.6 is 11.5 Å². The van der Waals surface area contributed by atoms with Gasteiger partial charge in [0.25, 0.3) is 0 Å². The van der Waals surface area contributed by atoms with E-state index in [1.807, 2.05) is 65.8 Å². The van der Waals surface area contributed by atoms with Crippen LogP contribution in [0.25, 0.3) is 11.8 Å². The molecule has 5 rings (SSSR count). The number of hydrazine groups is 1. The highest BCUT2D eigenvalue weighted by molar-refractivity contribution is 8.17. The van der Waals surface area contributed by atoms with Crippen LogP contribution in [0, 0.1) is 6.92 Å². The van der Waals surface area contributed by atoms with Crippen molar-refractivity contribution < 1.29 is 25.3 Å². The van der Waals surface area contributed by atoms with Crippen molar-refractivity contribution >= 4 is 29.1 Å². The van der Waals surface area contributed by atoms with E-state index in [1.165, 1.54) is 12.1 Å². The molecule has 0 unspecified atom stereocenters. The first-order chi connectivity index (χ1) is 17.5. The average molecular weight is 534 g/mol. The molecule has 0 N–H and O–H groups in total. The number of aromatic nitrogens is 2. The molecule has 0 atom stereocenters. The standard InChI is InChI=1S/C25H26F3N5O3S/c1-17-15-31(16-29-17)21-10-5-18(13-22(21)34-4)14-23-24-30-25(2,3)33(32(24)11-12-35-23)19-6-8-20(9-7-19)36-37(26,27)28/h5-10,13-16H,11-12H2,1-4H3/b23-14-. The summed E-state index contributed by atoms with van der Waals surface area (Å²) in [5.74, 6) is 1.67. The van der Waals surface area contributed by atoms with E-state index in [-0.39, 0.29) is 5.75 Å². The fourth-order valence-corrected chi connectivity index (χ4v) is 4.79. The zero-order valence-electron chi connectivity index (χ0n) is 20.7. The quantitative estimate of drug-likeness (QED) is 0.377. The molecule has 0 saturated carbocycles. The zero-order chi connectivity index (χ0) is 26.4. The van der Waals surface area contributed by atoms with E-state index in [1.54, 1.807) is 25.6 Å². The van der Waals surface area contributed by atoms with E-state index in [0.717, 1.165) is 16.9 Å². The molecule has 2 aliphatic rings. The number of benzene rings is 2. The molecule has 0 spiro atoms. The van der Waals surface area contributed by atoms with Crippen molar-refractivity contribution in [3.8, 4) is 17.2 Å². The van der Waals surface area contributed by atoms with Crippen molar-refractivity contribution in [1.29, 1.82) is 0 Å². The molecule has 12 heteroatoms. The molecule has 8 nitrogen and oxygen atoms in total. The van der Waals surface area contributed by atoms with Gasteiger partial charge in [-0.05, 0) is 68.8 Å². The number of rotatable bonds is 6.